The number of imidazole rings is 2. The van der Waals surface area contributed by atoms with E-state index in [1.807, 2.05) is 29.3 Å². The monoisotopic (exact) mass is 270 g/mol. The zero-order chi connectivity index (χ0) is 14.3. The van der Waals surface area contributed by atoms with E-state index in [9.17, 15) is 4.79 Å². The standard InChI is InChI=1S/C14H14N4O2/c1-9-16-11-7-10(14(19)20)3-4-12(11)18(9)8-13-15-5-6-17(13)2/h3-7H,8H2,1-2H3,(H,19,20). The quantitative estimate of drug-likeness (QED) is 0.788. The van der Waals surface area contributed by atoms with Crippen molar-refractivity contribution in [2.24, 2.45) is 7.05 Å². The van der Waals surface area contributed by atoms with Crippen LogP contribution in [0.4, 0.5) is 0 Å². The van der Waals surface area contributed by atoms with E-state index in [1.54, 1.807) is 24.4 Å². The van der Waals surface area contributed by atoms with Gasteiger partial charge in [-0.3, -0.25) is 0 Å². The third-order valence-corrected chi connectivity index (χ3v) is 3.41. The van der Waals surface area contributed by atoms with Gasteiger partial charge in [0.2, 0.25) is 0 Å². The maximum absolute atomic E-state index is 11.0. The summed E-state index contributed by atoms with van der Waals surface area (Å²) in [7, 11) is 1.94. The fraction of sp³-hybridized carbons (Fsp3) is 0.214. The molecule has 1 N–H and O–H groups in total. The maximum Gasteiger partial charge on any atom is 0.335 e. The molecule has 0 spiro atoms. The van der Waals surface area contributed by atoms with Crippen molar-refractivity contribution in [2.75, 3.05) is 0 Å². The minimum Gasteiger partial charge on any atom is -0.478 e. The predicted molar refractivity (Wildman–Crippen MR) is 73.7 cm³/mol. The number of fused-ring (bicyclic) bond motifs is 1. The fourth-order valence-electron chi connectivity index (χ4n) is 2.27. The first-order chi connectivity index (χ1) is 9.56. The topological polar surface area (TPSA) is 72.9 Å². The Morgan fingerprint density at radius 2 is 2.20 bits per heavy atom. The van der Waals surface area contributed by atoms with Gasteiger partial charge >= 0.3 is 5.97 Å². The van der Waals surface area contributed by atoms with Crippen molar-refractivity contribution in [1.82, 2.24) is 19.1 Å². The molecule has 0 saturated heterocycles. The van der Waals surface area contributed by atoms with Gasteiger partial charge in [0.05, 0.1) is 23.1 Å². The van der Waals surface area contributed by atoms with Crippen molar-refractivity contribution in [3.05, 3.63) is 47.8 Å². The van der Waals surface area contributed by atoms with Gasteiger partial charge in [0, 0.05) is 19.4 Å². The molecule has 0 saturated carbocycles. The molecule has 6 nitrogen and oxygen atoms in total. The van der Waals surface area contributed by atoms with E-state index in [0.29, 0.717) is 12.1 Å². The Balaban J connectivity index is 2.09. The van der Waals surface area contributed by atoms with E-state index in [-0.39, 0.29) is 5.56 Å². The highest BCUT2D eigenvalue weighted by atomic mass is 16.4. The van der Waals surface area contributed by atoms with Gasteiger partial charge in [-0.05, 0) is 25.1 Å². The lowest BCUT2D eigenvalue weighted by Gasteiger charge is -2.07. The Morgan fingerprint density at radius 3 is 2.85 bits per heavy atom. The van der Waals surface area contributed by atoms with E-state index >= 15 is 0 Å². The zero-order valence-electron chi connectivity index (χ0n) is 11.2. The summed E-state index contributed by atoms with van der Waals surface area (Å²) in [6, 6.07) is 4.99. The van der Waals surface area contributed by atoms with Crippen molar-refractivity contribution in [3.8, 4) is 0 Å². The third kappa shape index (κ3) is 1.95. The van der Waals surface area contributed by atoms with Crippen LogP contribution in [0, 0.1) is 6.92 Å². The lowest BCUT2D eigenvalue weighted by molar-refractivity contribution is 0.0697. The maximum atomic E-state index is 11.0. The molecule has 0 fully saturated rings. The van der Waals surface area contributed by atoms with Crippen LogP contribution in [0.5, 0.6) is 0 Å². The van der Waals surface area contributed by atoms with E-state index in [2.05, 4.69) is 9.97 Å². The van der Waals surface area contributed by atoms with Crippen LogP contribution in [0.25, 0.3) is 11.0 Å². The minimum atomic E-state index is -0.941. The number of carboxylic acid groups (broad SMARTS) is 1. The lowest BCUT2D eigenvalue weighted by Crippen LogP contribution is -2.07. The summed E-state index contributed by atoms with van der Waals surface area (Å²) >= 11 is 0. The summed E-state index contributed by atoms with van der Waals surface area (Å²) < 4.78 is 3.99. The molecule has 0 atom stereocenters. The Morgan fingerprint density at radius 1 is 1.40 bits per heavy atom. The fourth-order valence-corrected chi connectivity index (χ4v) is 2.27. The van der Waals surface area contributed by atoms with Crippen molar-refractivity contribution >= 4 is 17.0 Å². The summed E-state index contributed by atoms with van der Waals surface area (Å²) in [6.45, 7) is 2.52. The van der Waals surface area contributed by atoms with Crippen molar-refractivity contribution in [2.45, 2.75) is 13.5 Å². The van der Waals surface area contributed by atoms with E-state index in [0.717, 1.165) is 17.2 Å². The first-order valence-corrected chi connectivity index (χ1v) is 6.22. The molecule has 0 aliphatic heterocycles. The Bertz CT molecular complexity index is 801. The number of aromatic carboxylic acids is 1. The molecule has 0 aliphatic carbocycles. The number of carbonyl (C=O) groups is 1. The lowest BCUT2D eigenvalue weighted by atomic mass is 10.2. The summed E-state index contributed by atoms with van der Waals surface area (Å²) in [5.41, 5.74) is 1.85. The largest absolute Gasteiger partial charge is 0.478 e. The number of rotatable bonds is 3. The van der Waals surface area contributed by atoms with Gasteiger partial charge in [0.15, 0.2) is 0 Å². The first kappa shape index (κ1) is 12.4. The number of carboxylic acids is 1. The predicted octanol–water partition coefficient (Wildman–Crippen LogP) is 1.82. The molecule has 0 unspecified atom stereocenters. The SMILES string of the molecule is Cc1nc2cc(C(=O)O)ccc2n1Cc1nccn1C. The second-order valence-electron chi connectivity index (χ2n) is 4.71. The van der Waals surface area contributed by atoms with Gasteiger partial charge in [0.1, 0.15) is 11.6 Å². The Kier molecular flexibility index (Phi) is 2.78. The second-order valence-corrected chi connectivity index (χ2v) is 4.71. The molecule has 0 amide bonds. The number of hydrogen-bond acceptors (Lipinski definition) is 3. The summed E-state index contributed by atoms with van der Waals surface area (Å²) in [4.78, 5) is 19.7. The molecule has 20 heavy (non-hydrogen) atoms. The molecular weight excluding hydrogens is 256 g/mol. The van der Waals surface area contributed by atoms with Crippen LogP contribution in [0.15, 0.2) is 30.6 Å². The highest BCUT2D eigenvalue weighted by Crippen LogP contribution is 2.19. The van der Waals surface area contributed by atoms with Gasteiger partial charge in [0.25, 0.3) is 0 Å². The number of aryl methyl sites for hydroxylation is 2. The molecule has 0 bridgehead atoms. The summed E-state index contributed by atoms with van der Waals surface area (Å²) in [5.74, 6) is 0.823. The Hall–Kier alpha value is -2.63. The van der Waals surface area contributed by atoms with Crippen LogP contribution in [0.2, 0.25) is 0 Å². The first-order valence-electron chi connectivity index (χ1n) is 6.22. The highest BCUT2D eigenvalue weighted by molar-refractivity contribution is 5.92. The van der Waals surface area contributed by atoms with Gasteiger partial charge < -0.3 is 14.2 Å². The van der Waals surface area contributed by atoms with Gasteiger partial charge in [-0.25, -0.2) is 14.8 Å². The summed E-state index contributed by atoms with van der Waals surface area (Å²) in [6.07, 6.45) is 3.65. The van der Waals surface area contributed by atoms with Crippen molar-refractivity contribution in [1.29, 1.82) is 0 Å². The van der Waals surface area contributed by atoms with E-state index in [4.69, 9.17) is 5.11 Å². The molecule has 3 aromatic rings. The molecule has 3 rings (SSSR count). The minimum absolute atomic E-state index is 0.249. The third-order valence-electron chi connectivity index (χ3n) is 3.41. The number of benzene rings is 1. The number of nitrogens with zero attached hydrogens (tertiary/aromatic N) is 4. The van der Waals surface area contributed by atoms with Crippen molar-refractivity contribution in [3.63, 3.8) is 0 Å². The zero-order valence-corrected chi connectivity index (χ0v) is 11.2. The second kappa shape index (κ2) is 4.48. The molecule has 1 aromatic carbocycles. The Labute approximate surface area is 115 Å². The van der Waals surface area contributed by atoms with Gasteiger partial charge in [-0.2, -0.15) is 0 Å². The molecule has 2 heterocycles. The molecule has 0 aliphatic rings. The normalized spacial score (nSPS) is 11.1. The molecule has 2 aromatic heterocycles. The van der Waals surface area contributed by atoms with Crippen LogP contribution >= 0.6 is 0 Å². The van der Waals surface area contributed by atoms with E-state index < -0.39 is 5.97 Å². The average molecular weight is 270 g/mol. The highest BCUT2D eigenvalue weighted by Gasteiger charge is 2.12. The smallest absolute Gasteiger partial charge is 0.335 e. The molecule has 6 heteroatoms. The van der Waals surface area contributed by atoms with Gasteiger partial charge in [-0.1, -0.05) is 0 Å². The molecular formula is C14H14N4O2. The average Bonchev–Trinajstić information content (AvgIpc) is 2.94. The van der Waals surface area contributed by atoms with Crippen LogP contribution in [0.3, 0.4) is 0 Å². The van der Waals surface area contributed by atoms with Gasteiger partial charge in [-0.15, -0.1) is 0 Å². The van der Waals surface area contributed by atoms with Crippen LogP contribution < -0.4 is 0 Å². The number of aromatic nitrogens is 4. The summed E-state index contributed by atoms with van der Waals surface area (Å²) in [5, 5.41) is 9.02. The van der Waals surface area contributed by atoms with Crippen LogP contribution in [-0.2, 0) is 13.6 Å². The molecule has 102 valence electrons. The van der Waals surface area contributed by atoms with Crippen molar-refractivity contribution < 1.29 is 9.90 Å². The van der Waals surface area contributed by atoms with E-state index in [1.165, 1.54) is 0 Å². The number of hydrogen-bond donors (Lipinski definition) is 1. The van der Waals surface area contributed by atoms with Crippen LogP contribution in [-0.4, -0.2) is 30.2 Å². The molecule has 0 radical (unpaired) electrons. The van der Waals surface area contributed by atoms with Crippen LogP contribution in [0.1, 0.15) is 22.0 Å².